The van der Waals surface area contributed by atoms with E-state index >= 15 is 0 Å². The van der Waals surface area contributed by atoms with E-state index in [-0.39, 0.29) is 27.8 Å². The maximum atomic E-state index is 13.2. The first-order valence-corrected chi connectivity index (χ1v) is 6.02. The molecule has 1 amide bonds. The van der Waals surface area contributed by atoms with Crippen LogP contribution in [0.1, 0.15) is 10.4 Å². The minimum Gasteiger partial charge on any atom is -0.504 e. The van der Waals surface area contributed by atoms with Crippen molar-refractivity contribution in [3.63, 3.8) is 0 Å². The second-order valence-corrected chi connectivity index (χ2v) is 4.41. The Labute approximate surface area is 119 Å². The third-order valence-corrected chi connectivity index (χ3v) is 2.80. The molecule has 4 nitrogen and oxygen atoms in total. The highest BCUT2D eigenvalue weighted by Crippen LogP contribution is 2.30. The number of hydrogen-bond donors (Lipinski definition) is 2. The highest BCUT2D eigenvalue weighted by Gasteiger charge is 2.15. The van der Waals surface area contributed by atoms with Crippen LogP contribution in [0.15, 0.2) is 36.4 Å². The average molecular weight is 296 g/mol. The Morgan fingerprint density at radius 2 is 2.10 bits per heavy atom. The van der Waals surface area contributed by atoms with Gasteiger partial charge in [-0.1, -0.05) is 17.7 Å². The maximum absolute atomic E-state index is 13.2. The van der Waals surface area contributed by atoms with E-state index in [1.807, 2.05) is 0 Å². The predicted octanol–water partition coefficient (Wildman–Crippen LogP) is 3.45. The van der Waals surface area contributed by atoms with E-state index in [4.69, 9.17) is 16.3 Å². The molecule has 2 N–H and O–H groups in total. The van der Waals surface area contributed by atoms with Gasteiger partial charge in [-0.25, -0.2) is 4.39 Å². The second kappa shape index (κ2) is 5.79. The first-order chi connectivity index (χ1) is 9.51. The average Bonchev–Trinajstić information content (AvgIpc) is 2.37. The quantitative estimate of drug-likeness (QED) is 0.912. The molecule has 0 heterocycles. The van der Waals surface area contributed by atoms with Crippen molar-refractivity contribution >= 4 is 23.2 Å². The van der Waals surface area contributed by atoms with Gasteiger partial charge in [0, 0.05) is 10.7 Å². The molecule has 0 spiro atoms. The maximum Gasteiger partial charge on any atom is 0.259 e. The summed E-state index contributed by atoms with van der Waals surface area (Å²) in [5, 5.41) is 12.5. The molecule has 2 aromatic carbocycles. The van der Waals surface area contributed by atoms with E-state index in [9.17, 15) is 14.3 Å². The molecule has 2 rings (SSSR count). The lowest BCUT2D eigenvalue weighted by molar-refractivity contribution is 0.102. The highest BCUT2D eigenvalue weighted by atomic mass is 35.5. The number of phenols is 1. The first-order valence-electron chi connectivity index (χ1n) is 5.64. The van der Waals surface area contributed by atoms with Crippen molar-refractivity contribution in [2.45, 2.75) is 0 Å². The summed E-state index contributed by atoms with van der Waals surface area (Å²) in [6.07, 6.45) is 0. The number of halogens is 2. The number of carbonyl (C=O) groups is 1. The van der Waals surface area contributed by atoms with Crippen LogP contribution in [0.2, 0.25) is 5.02 Å². The van der Waals surface area contributed by atoms with Gasteiger partial charge in [0.15, 0.2) is 11.5 Å². The molecular formula is C14H11ClFNO3. The number of phenolic OH excluding ortho intramolecular Hbond substituents is 1. The molecule has 0 bridgehead atoms. The van der Waals surface area contributed by atoms with Crippen LogP contribution in [0, 0.1) is 5.82 Å². The normalized spacial score (nSPS) is 10.2. The van der Waals surface area contributed by atoms with Crippen molar-refractivity contribution in [1.29, 1.82) is 0 Å². The Balaban J connectivity index is 2.28. The summed E-state index contributed by atoms with van der Waals surface area (Å²) >= 11 is 5.70. The zero-order valence-corrected chi connectivity index (χ0v) is 11.2. The smallest absolute Gasteiger partial charge is 0.259 e. The molecule has 0 aromatic heterocycles. The molecular weight excluding hydrogens is 285 g/mol. The summed E-state index contributed by atoms with van der Waals surface area (Å²) in [6.45, 7) is 0. The molecule has 104 valence electrons. The Hall–Kier alpha value is -2.27. The van der Waals surface area contributed by atoms with Crippen LogP contribution in [0.4, 0.5) is 10.1 Å². The largest absolute Gasteiger partial charge is 0.504 e. The number of rotatable bonds is 3. The van der Waals surface area contributed by atoms with Crippen LogP contribution < -0.4 is 10.1 Å². The molecule has 0 aliphatic carbocycles. The summed E-state index contributed by atoms with van der Waals surface area (Å²) in [6, 6.07) is 8.16. The van der Waals surface area contributed by atoms with Gasteiger partial charge in [0.25, 0.3) is 5.91 Å². The van der Waals surface area contributed by atoms with Crippen LogP contribution in [0.5, 0.6) is 11.5 Å². The monoisotopic (exact) mass is 295 g/mol. The van der Waals surface area contributed by atoms with Crippen molar-refractivity contribution in [3.8, 4) is 11.5 Å². The van der Waals surface area contributed by atoms with Gasteiger partial charge in [0.2, 0.25) is 0 Å². The fourth-order valence-electron chi connectivity index (χ4n) is 1.69. The summed E-state index contributed by atoms with van der Waals surface area (Å²) in [4.78, 5) is 12.0. The molecule has 0 atom stereocenters. The number of benzene rings is 2. The molecule has 0 fully saturated rings. The lowest BCUT2D eigenvalue weighted by Gasteiger charge is -2.09. The van der Waals surface area contributed by atoms with E-state index in [0.29, 0.717) is 0 Å². The standard InChI is InChI=1S/C14H11ClFNO3/c1-20-12-4-2-3-11(13(12)18)14(19)17-10-6-8(15)5-9(16)7-10/h2-7,18H,1H3,(H,17,19). The van der Waals surface area contributed by atoms with Crippen LogP contribution in [-0.4, -0.2) is 18.1 Å². The number of hydrogen-bond acceptors (Lipinski definition) is 3. The molecule has 0 unspecified atom stereocenters. The van der Waals surface area contributed by atoms with Crippen LogP contribution in [0.25, 0.3) is 0 Å². The first kappa shape index (κ1) is 14.1. The predicted molar refractivity (Wildman–Crippen MR) is 74.0 cm³/mol. The van der Waals surface area contributed by atoms with Gasteiger partial charge in [-0.3, -0.25) is 4.79 Å². The Morgan fingerprint density at radius 1 is 1.35 bits per heavy atom. The van der Waals surface area contributed by atoms with Crippen molar-refractivity contribution in [3.05, 3.63) is 52.8 Å². The van der Waals surface area contributed by atoms with Gasteiger partial charge in [-0.15, -0.1) is 0 Å². The molecule has 0 saturated carbocycles. The zero-order chi connectivity index (χ0) is 14.7. The van der Waals surface area contributed by atoms with E-state index < -0.39 is 11.7 Å². The van der Waals surface area contributed by atoms with E-state index in [2.05, 4.69) is 5.32 Å². The van der Waals surface area contributed by atoms with Crippen LogP contribution in [-0.2, 0) is 0 Å². The number of para-hydroxylation sites is 1. The number of amides is 1. The minimum absolute atomic E-state index is 0.0183. The molecule has 0 radical (unpaired) electrons. The summed E-state index contributed by atoms with van der Waals surface area (Å²) in [5.74, 6) is -1.27. The number of ether oxygens (including phenoxy) is 1. The van der Waals surface area contributed by atoms with Gasteiger partial charge in [-0.2, -0.15) is 0 Å². The third-order valence-electron chi connectivity index (χ3n) is 2.58. The summed E-state index contributed by atoms with van der Waals surface area (Å²) < 4.78 is 18.1. The number of carbonyl (C=O) groups excluding carboxylic acids is 1. The van der Waals surface area contributed by atoms with Crippen molar-refractivity contribution < 1.29 is 19.0 Å². The molecule has 2 aromatic rings. The SMILES string of the molecule is COc1cccc(C(=O)Nc2cc(F)cc(Cl)c2)c1O. The van der Waals surface area contributed by atoms with Gasteiger partial charge < -0.3 is 15.2 Å². The van der Waals surface area contributed by atoms with Gasteiger partial charge in [-0.05, 0) is 30.3 Å². The molecule has 6 heteroatoms. The topological polar surface area (TPSA) is 58.6 Å². The van der Waals surface area contributed by atoms with Crippen molar-refractivity contribution in [2.24, 2.45) is 0 Å². The fraction of sp³-hybridized carbons (Fsp3) is 0.0714. The lowest BCUT2D eigenvalue weighted by Crippen LogP contribution is -2.12. The Kier molecular flexibility index (Phi) is 4.10. The molecule has 0 saturated heterocycles. The highest BCUT2D eigenvalue weighted by molar-refractivity contribution is 6.31. The van der Waals surface area contributed by atoms with Crippen LogP contribution >= 0.6 is 11.6 Å². The Morgan fingerprint density at radius 3 is 2.75 bits per heavy atom. The fourth-order valence-corrected chi connectivity index (χ4v) is 1.92. The molecule has 0 aliphatic rings. The van der Waals surface area contributed by atoms with Gasteiger partial charge in [0.1, 0.15) is 5.82 Å². The molecule has 0 aliphatic heterocycles. The van der Waals surface area contributed by atoms with E-state index in [1.165, 1.54) is 25.3 Å². The van der Waals surface area contributed by atoms with Crippen molar-refractivity contribution in [1.82, 2.24) is 0 Å². The third kappa shape index (κ3) is 3.00. The van der Waals surface area contributed by atoms with Gasteiger partial charge >= 0.3 is 0 Å². The number of nitrogens with one attached hydrogen (secondary N) is 1. The number of aromatic hydroxyl groups is 1. The summed E-state index contributed by atoms with van der Waals surface area (Å²) in [7, 11) is 1.38. The summed E-state index contributed by atoms with van der Waals surface area (Å²) in [5.41, 5.74) is 0.215. The van der Waals surface area contributed by atoms with Crippen molar-refractivity contribution in [2.75, 3.05) is 12.4 Å². The minimum atomic E-state index is -0.594. The van der Waals surface area contributed by atoms with Crippen LogP contribution in [0.3, 0.4) is 0 Å². The van der Waals surface area contributed by atoms with E-state index in [0.717, 1.165) is 12.1 Å². The van der Waals surface area contributed by atoms with Gasteiger partial charge in [0.05, 0.1) is 12.7 Å². The Bertz CT molecular complexity index is 641. The lowest BCUT2D eigenvalue weighted by atomic mass is 10.1. The van der Waals surface area contributed by atoms with E-state index in [1.54, 1.807) is 6.07 Å². The second-order valence-electron chi connectivity index (χ2n) is 3.97. The number of methoxy groups -OCH3 is 1. The molecule has 20 heavy (non-hydrogen) atoms. The number of anilines is 1. The zero-order valence-electron chi connectivity index (χ0n) is 10.5.